The van der Waals surface area contributed by atoms with Gasteiger partial charge in [0.25, 0.3) is 0 Å². The Morgan fingerprint density at radius 1 is 1.22 bits per heavy atom. The fourth-order valence-corrected chi connectivity index (χ4v) is 5.49. The number of methoxy groups -OCH3 is 1. The summed E-state index contributed by atoms with van der Waals surface area (Å²) in [5, 5.41) is 3.11. The molecule has 4 saturated carbocycles. The number of ether oxygens (including phenoxy) is 1. The first kappa shape index (κ1) is 12.3. The van der Waals surface area contributed by atoms with E-state index in [1.54, 1.807) is 0 Å². The molecule has 0 heterocycles. The lowest BCUT2D eigenvalue weighted by molar-refractivity contribution is -0.0733. The van der Waals surface area contributed by atoms with Gasteiger partial charge in [0.2, 0.25) is 0 Å². The van der Waals surface area contributed by atoms with Crippen LogP contribution in [-0.4, -0.2) is 19.2 Å². The number of hydrogen-bond acceptors (Lipinski definition) is 2. The van der Waals surface area contributed by atoms with Gasteiger partial charge in [-0.25, -0.2) is 4.79 Å². The van der Waals surface area contributed by atoms with Crippen molar-refractivity contribution in [2.24, 2.45) is 23.2 Å². The summed E-state index contributed by atoms with van der Waals surface area (Å²) in [5.41, 5.74) is 0.387. The van der Waals surface area contributed by atoms with Crippen LogP contribution in [0, 0.1) is 23.2 Å². The number of nitrogens with one attached hydrogen (secondary N) is 1. The molecule has 4 rings (SSSR count). The fraction of sp³-hybridized carbons (Fsp3) is 0.933. The molecule has 0 aromatic rings. The minimum Gasteiger partial charge on any atom is -0.453 e. The quantitative estimate of drug-likeness (QED) is 0.835. The maximum Gasteiger partial charge on any atom is 0.407 e. The number of alkyl carbamates (subject to hydrolysis) is 1. The standard InChI is InChI=1S/C15H25NO2/c1-3-13(16-14(17)18-2)15-7-10-4-11(8-15)6-12(5-10)9-15/h10-13H,3-9H2,1-2H3,(H,16,17). The van der Waals surface area contributed by atoms with Gasteiger partial charge in [-0.05, 0) is 68.1 Å². The lowest BCUT2D eigenvalue weighted by Gasteiger charge is -2.59. The van der Waals surface area contributed by atoms with Crippen LogP contribution in [-0.2, 0) is 4.74 Å². The molecule has 4 aliphatic carbocycles. The minimum absolute atomic E-state index is 0.252. The summed E-state index contributed by atoms with van der Waals surface area (Å²) in [7, 11) is 1.46. The Kier molecular flexibility index (Phi) is 3.03. The Bertz CT molecular complexity index is 304. The highest BCUT2D eigenvalue weighted by molar-refractivity contribution is 5.67. The lowest BCUT2D eigenvalue weighted by atomic mass is 9.47. The average Bonchev–Trinajstić information content (AvgIpc) is 2.33. The highest BCUT2D eigenvalue weighted by Crippen LogP contribution is 2.61. The SMILES string of the molecule is CCC(NC(=O)OC)C12CC3CC(CC(C3)C1)C2. The van der Waals surface area contributed by atoms with Crippen LogP contribution in [0.4, 0.5) is 4.79 Å². The summed E-state index contributed by atoms with van der Waals surface area (Å²) in [6.07, 6.45) is 9.14. The van der Waals surface area contributed by atoms with E-state index in [1.165, 1.54) is 45.6 Å². The van der Waals surface area contributed by atoms with Crippen LogP contribution < -0.4 is 5.32 Å². The third kappa shape index (κ3) is 1.92. The molecule has 3 nitrogen and oxygen atoms in total. The molecule has 4 aliphatic rings. The second-order valence-corrected chi connectivity index (χ2v) is 6.88. The summed E-state index contributed by atoms with van der Waals surface area (Å²) >= 11 is 0. The third-order valence-corrected chi connectivity index (χ3v) is 5.71. The summed E-state index contributed by atoms with van der Waals surface area (Å²) in [6, 6.07) is 0.318. The van der Waals surface area contributed by atoms with Crippen molar-refractivity contribution in [2.45, 2.75) is 57.9 Å². The molecule has 1 N–H and O–H groups in total. The Hall–Kier alpha value is -0.730. The number of rotatable bonds is 3. The van der Waals surface area contributed by atoms with Gasteiger partial charge in [0.1, 0.15) is 0 Å². The van der Waals surface area contributed by atoms with Crippen LogP contribution in [0.25, 0.3) is 0 Å². The second-order valence-electron chi connectivity index (χ2n) is 6.88. The molecule has 3 heteroatoms. The van der Waals surface area contributed by atoms with E-state index in [2.05, 4.69) is 12.2 Å². The first-order valence-corrected chi connectivity index (χ1v) is 7.49. The number of amides is 1. The van der Waals surface area contributed by atoms with E-state index < -0.39 is 0 Å². The van der Waals surface area contributed by atoms with Crippen LogP contribution in [0.5, 0.6) is 0 Å². The number of carbonyl (C=O) groups is 1. The lowest BCUT2D eigenvalue weighted by Crippen LogP contribution is -2.56. The van der Waals surface area contributed by atoms with Crippen molar-refractivity contribution in [3.05, 3.63) is 0 Å². The molecule has 0 saturated heterocycles. The zero-order valence-corrected chi connectivity index (χ0v) is 11.6. The molecular formula is C15H25NO2. The predicted molar refractivity (Wildman–Crippen MR) is 70.2 cm³/mol. The zero-order chi connectivity index (χ0) is 12.8. The Labute approximate surface area is 110 Å². The van der Waals surface area contributed by atoms with Crippen LogP contribution in [0.2, 0.25) is 0 Å². The molecule has 0 aromatic heterocycles. The van der Waals surface area contributed by atoms with Crippen molar-refractivity contribution in [1.82, 2.24) is 5.32 Å². The van der Waals surface area contributed by atoms with Gasteiger partial charge in [-0.2, -0.15) is 0 Å². The zero-order valence-electron chi connectivity index (χ0n) is 11.6. The molecule has 1 amide bonds. The molecular weight excluding hydrogens is 226 g/mol. The maximum atomic E-state index is 11.5. The third-order valence-electron chi connectivity index (χ3n) is 5.71. The summed E-state index contributed by atoms with van der Waals surface area (Å²) in [6.45, 7) is 2.19. The van der Waals surface area contributed by atoms with Gasteiger partial charge in [-0.3, -0.25) is 0 Å². The van der Waals surface area contributed by atoms with E-state index in [0.29, 0.717) is 11.5 Å². The van der Waals surface area contributed by atoms with Crippen molar-refractivity contribution in [2.75, 3.05) is 7.11 Å². The number of carbonyl (C=O) groups excluding carboxylic acids is 1. The van der Waals surface area contributed by atoms with Gasteiger partial charge < -0.3 is 10.1 Å². The second kappa shape index (κ2) is 4.43. The van der Waals surface area contributed by atoms with Gasteiger partial charge in [0, 0.05) is 6.04 Å². The average molecular weight is 251 g/mol. The molecule has 4 bridgehead atoms. The van der Waals surface area contributed by atoms with Gasteiger partial charge in [-0.1, -0.05) is 6.92 Å². The highest BCUT2D eigenvalue weighted by atomic mass is 16.5. The first-order valence-electron chi connectivity index (χ1n) is 7.49. The van der Waals surface area contributed by atoms with Gasteiger partial charge in [0.15, 0.2) is 0 Å². The monoisotopic (exact) mass is 251 g/mol. The summed E-state index contributed by atoms with van der Waals surface area (Å²) in [5.74, 6) is 2.80. The Morgan fingerprint density at radius 2 is 1.72 bits per heavy atom. The molecule has 1 atom stereocenters. The van der Waals surface area contributed by atoms with Crippen LogP contribution in [0.15, 0.2) is 0 Å². The maximum absolute atomic E-state index is 11.5. The van der Waals surface area contributed by atoms with Crippen molar-refractivity contribution < 1.29 is 9.53 Å². The molecule has 4 fully saturated rings. The molecule has 0 radical (unpaired) electrons. The van der Waals surface area contributed by atoms with Crippen LogP contribution >= 0.6 is 0 Å². The van der Waals surface area contributed by atoms with E-state index in [9.17, 15) is 4.79 Å². The predicted octanol–water partition coefficient (Wildman–Crippen LogP) is 3.34. The van der Waals surface area contributed by atoms with Crippen molar-refractivity contribution >= 4 is 6.09 Å². The van der Waals surface area contributed by atoms with E-state index in [-0.39, 0.29) is 6.09 Å². The minimum atomic E-state index is -0.252. The molecule has 0 aliphatic heterocycles. The fourth-order valence-electron chi connectivity index (χ4n) is 5.49. The van der Waals surface area contributed by atoms with Gasteiger partial charge in [0.05, 0.1) is 7.11 Å². The molecule has 18 heavy (non-hydrogen) atoms. The van der Waals surface area contributed by atoms with Crippen molar-refractivity contribution in [3.63, 3.8) is 0 Å². The normalized spacial score (nSPS) is 42.7. The molecule has 0 aromatic carbocycles. The van der Waals surface area contributed by atoms with Crippen molar-refractivity contribution in [3.8, 4) is 0 Å². The highest BCUT2D eigenvalue weighted by Gasteiger charge is 2.54. The molecule has 1 unspecified atom stereocenters. The van der Waals surface area contributed by atoms with Crippen molar-refractivity contribution in [1.29, 1.82) is 0 Å². The largest absolute Gasteiger partial charge is 0.453 e. The van der Waals surface area contributed by atoms with E-state index in [4.69, 9.17) is 4.74 Å². The summed E-state index contributed by atoms with van der Waals surface area (Å²) < 4.78 is 4.80. The summed E-state index contributed by atoms with van der Waals surface area (Å²) in [4.78, 5) is 11.5. The van der Waals surface area contributed by atoms with Gasteiger partial charge >= 0.3 is 6.09 Å². The van der Waals surface area contributed by atoms with E-state index in [0.717, 1.165) is 24.2 Å². The number of hydrogen-bond donors (Lipinski definition) is 1. The smallest absolute Gasteiger partial charge is 0.407 e. The van der Waals surface area contributed by atoms with E-state index in [1.807, 2.05) is 0 Å². The topological polar surface area (TPSA) is 38.3 Å². The Morgan fingerprint density at radius 3 is 2.11 bits per heavy atom. The van der Waals surface area contributed by atoms with Crippen LogP contribution in [0.1, 0.15) is 51.9 Å². The molecule has 102 valence electrons. The first-order chi connectivity index (χ1) is 8.65. The van der Waals surface area contributed by atoms with Crippen LogP contribution in [0.3, 0.4) is 0 Å². The Balaban J connectivity index is 1.78. The molecule has 0 spiro atoms. The van der Waals surface area contributed by atoms with Gasteiger partial charge in [-0.15, -0.1) is 0 Å². The van der Waals surface area contributed by atoms with E-state index >= 15 is 0 Å².